The Labute approximate surface area is 200 Å². The summed E-state index contributed by atoms with van der Waals surface area (Å²) in [6.07, 6.45) is 4.03. The molecule has 2 N–H and O–H groups in total. The van der Waals surface area contributed by atoms with Crippen molar-refractivity contribution in [3.05, 3.63) is 47.6 Å². The average molecular weight is 470 g/mol. The van der Waals surface area contributed by atoms with Crippen LogP contribution >= 0.6 is 11.3 Å². The number of carbonyl (C=O) groups excluding carboxylic acids is 1. The van der Waals surface area contributed by atoms with Crippen LogP contribution in [0, 0.1) is 0 Å². The molecule has 8 heteroatoms. The van der Waals surface area contributed by atoms with Gasteiger partial charge in [-0.05, 0) is 50.1 Å². The predicted molar refractivity (Wildman–Crippen MR) is 138 cm³/mol. The second-order valence-electron chi connectivity index (χ2n) is 7.58. The first kappa shape index (κ1) is 24.8. The fraction of sp³-hybridized carbons (Fsp3) is 0.440. The maximum absolute atomic E-state index is 12.5. The Morgan fingerprint density at radius 1 is 1.24 bits per heavy atom. The smallest absolute Gasteiger partial charge is 0.270 e. The molecule has 33 heavy (non-hydrogen) atoms. The van der Waals surface area contributed by atoms with Crippen LogP contribution in [0.15, 0.2) is 41.9 Å². The van der Waals surface area contributed by atoms with Gasteiger partial charge in [-0.25, -0.2) is 4.98 Å². The number of carbonyl (C=O) groups is 1. The molecule has 0 aliphatic carbocycles. The van der Waals surface area contributed by atoms with Gasteiger partial charge in [-0.1, -0.05) is 13.8 Å². The van der Waals surface area contributed by atoms with Crippen molar-refractivity contribution in [2.24, 2.45) is 0 Å². The second kappa shape index (κ2) is 12.4. The quantitative estimate of drug-likeness (QED) is 0.426. The topological polar surface area (TPSA) is 73.5 Å². The predicted octanol–water partition coefficient (Wildman–Crippen LogP) is 5.62. The van der Waals surface area contributed by atoms with Gasteiger partial charge in [0.15, 0.2) is 5.13 Å². The van der Waals surface area contributed by atoms with E-state index in [4.69, 9.17) is 9.72 Å². The summed E-state index contributed by atoms with van der Waals surface area (Å²) >= 11 is 1.55. The van der Waals surface area contributed by atoms with E-state index in [9.17, 15) is 4.79 Å². The summed E-state index contributed by atoms with van der Waals surface area (Å²) in [6, 6.07) is 10.2. The minimum Gasteiger partial charge on any atom is -0.383 e. The molecule has 0 unspecified atom stereocenters. The number of aromatic amines is 1. The van der Waals surface area contributed by atoms with E-state index in [1.165, 1.54) is 5.69 Å². The molecule has 1 amide bonds. The Morgan fingerprint density at radius 3 is 2.64 bits per heavy atom. The summed E-state index contributed by atoms with van der Waals surface area (Å²) in [6.45, 7) is 10.3. The van der Waals surface area contributed by atoms with Gasteiger partial charge in [0.05, 0.1) is 12.3 Å². The van der Waals surface area contributed by atoms with Crippen LogP contribution in [0.4, 0.5) is 16.5 Å². The molecule has 0 bridgehead atoms. The second-order valence-corrected chi connectivity index (χ2v) is 8.44. The van der Waals surface area contributed by atoms with Gasteiger partial charge in [-0.15, -0.1) is 11.3 Å². The first-order valence-electron chi connectivity index (χ1n) is 11.7. The summed E-state index contributed by atoms with van der Waals surface area (Å²) in [5.41, 5.74) is 4.58. The van der Waals surface area contributed by atoms with Crippen LogP contribution in [0.1, 0.15) is 44.1 Å². The Kier molecular flexibility index (Phi) is 9.33. The number of aromatic nitrogens is 2. The van der Waals surface area contributed by atoms with Crippen molar-refractivity contribution in [3.63, 3.8) is 0 Å². The van der Waals surface area contributed by atoms with Crippen LogP contribution < -0.4 is 10.2 Å². The zero-order chi connectivity index (χ0) is 23.6. The molecular weight excluding hydrogens is 434 g/mol. The van der Waals surface area contributed by atoms with Gasteiger partial charge >= 0.3 is 0 Å². The summed E-state index contributed by atoms with van der Waals surface area (Å²) in [5.74, 6) is 0.0732. The number of nitrogens with zero attached hydrogens (tertiary/aromatic N) is 3. The van der Waals surface area contributed by atoms with Crippen molar-refractivity contribution >= 4 is 33.8 Å². The fourth-order valence-electron chi connectivity index (χ4n) is 3.77. The first-order valence-corrected chi connectivity index (χ1v) is 12.6. The highest BCUT2D eigenvalue weighted by atomic mass is 32.1. The number of likely N-dealkylation sites (tertiary alicyclic amines) is 1. The third-order valence-electron chi connectivity index (χ3n) is 5.54. The monoisotopic (exact) mass is 469 g/mol. The number of benzene rings is 1. The number of amides is 1. The first-order chi connectivity index (χ1) is 16.2. The van der Waals surface area contributed by atoms with Gasteiger partial charge in [0.1, 0.15) is 5.69 Å². The number of ether oxygens (including phenoxy) is 1. The lowest BCUT2D eigenvalue weighted by molar-refractivity contribution is 0.0787. The van der Waals surface area contributed by atoms with E-state index in [0.717, 1.165) is 61.1 Å². The Morgan fingerprint density at radius 2 is 1.97 bits per heavy atom. The molecule has 1 aliphatic rings. The number of H-pyrrole nitrogens is 1. The molecule has 178 valence electrons. The third-order valence-corrected chi connectivity index (χ3v) is 6.30. The number of hydrogen-bond acceptors (Lipinski definition) is 6. The Balaban J connectivity index is 0.00000149. The van der Waals surface area contributed by atoms with Gasteiger partial charge in [0, 0.05) is 61.8 Å². The number of hydrogen-bond donors (Lipinski definition) is 2. The molecule has 1 aliphatic heterocycles. The van der Waals surface area contributed by atoms with Crippen molar-refractivity contribution in [2.75, 3.05) is 50.1 Å². The van der Waals surface area contributed by atoms with Crippen LogP contribution in [0.2, 0.25) is 0 Å². The highest BCUT2D eigenvalue weighted by Crippen LogP contribution is 2.29. The summed E-state index contributed by atoms with van der Waals surface area (Å²) in [7, 11) is 1.73. The number of nitrogens with one attached hydrogen (secondary N) is 2. The van der Waals surface area contributed by atoms with Crippen molar-refractivity contribution in [2.45, 2.75) is 33.6 Å². The number of anilines is 3. The van der Waals surface area contributed by atoms with Gasteiger partial charge in [0.2, 0.25) is 0 Å². The molecular formula is C25H35N5O2S. The molecule has 2 aromatic heterocycles. The molecule has 1 fully saturated rings. The van der Waals surface area contributed by atoms with Gasteiger partial charge in [-0.3, -0.25) is 4.79 Å². The van der Waals surface area contributed by atoms with E-state index in [1.54, 1.807) is 18.4 Å². The minimum absolute atomic E-state index is 0.0732. The van der Waals surface area contributed by atoms with Crippen LogP contribution in [-0.2, 0) is 4.74 Å². The maximum atomic E-state index is 12.5. The van der Waals surface area contributed by atoms with Crippen LogP contribution in [0.25, 0.3) is 11.3 Å². The lowest BCUT2D eigenvalue weighted by Gasteiger charge is -2.22. The fourth-order valence-corrected chi connectivity index (χ4v) is 4.51. The lowest BCUT2D eigenvalue weighted by atomic mass is 10.2. The van der Waals surface area contributed by atoms with E-state index in [2.05, 4.69) is 46.4 Å². The largest absolute Gasteiger partial charge is 0.383 e. The van der Waals surface area contributed by atoms with Crippen molar-refractivity contribution in [3.8, 4) is 11.3 Å². The molecule has 3 heterocycles. The third kappa shape index (κ3) is 6.36. The molecule has 1 saturated heterocycles. The van der Waals surface area contributed by atoms with Crippen LogP contribution in [0.5, 0.6) is 0 Å². The number of rotatable bonds is 9. The highest BCUT2D eigenvalue weighted by molar-refractivity contribution is 7.14. The molecule has 7 nitrogen and oxygen atoms in total. The van der Waals surface area contributed by atoms with Gasteiger partial charge in [-0.2, -0.15) is 0 Å². The van der Waals surface area contributed by atoms with E-state index < -0.39 is 0 Å². The number of methoxy groups -OCH3 is 1. The van der Waals surface area contributed by atoms with E-state index in [1.807, 2.05) is 36.4 Å². The van der Waals surface area contributed by atoms with E-state index >= 15 is 0 Å². The van der Waals surface area contributed by atoms with Gasteiger partial charge < -0.3 is 24.8 Å². The minimum atomic E-state index is 0.0732. The number of likely N-dealkylation sites (N-methyl/N-ethyl adjacent to an activating group) is 1. The number of thiazole rings is 1. The van der Waals surface area contributed by atoms with E-state index in [-0.39, 0.29) is 5.91 Å². The summed E-state index contributed by atoms with van der Waals surface area (Å²) < 4.78 is 5.19. The Bertz CT molecular complexity index is 992. The lowest BCUT2D eigenvalue weighted by Crippen LogP contribution is -2.27. The van der Waals surface area contributed by atoms with Crippen LogP contribution in [-0.4, -0.2) is 60.7 Å². The van der Waals surface area contributed by atoms with Crippen molar-refractivity contribution < 1.29 is 9.53 Å². The van der Waals surface area contributed by atoms with Crippen molar-refractivity contribution in [1.82, 2.24) is 14.9 Å². The molecule has 3 aromatic rings. The zero-order valence-corrected chi connectivity index (χ0v) is 20.9. The van der Waals surface area contributed by atoms with Gasteiger partial charge in [0.25, 0.3) is 5.91 Å². The normalized spacial score (nSPS) is 12.9. The molecule has 4 rings (SSSR count). The van der Waals surface area contributed by atoms with Crippen molar-refractivity contribution in [1.29, 1.82) is 0 Å². The highest BCUT2D eigenvalue weighted by Gasteiger charge is 2.21. The van der Waals surface area contributed by atoms with Crippen LogP contribution in [0.3, 0.4) is 0 Å². The maximum Gasteiger partial charge on any atom is 0.270 e. The SMILES string of the molecule is CC.CCN(CCOC)c1ccc(Nc2nc(-c3c[nH]c(C(=O)N4CCCC4)c3)cs2)cc1. The average Bonchev–Trinajstić information content (AvgIpc) is 3.63. The molecule has 0 saturated carbocycles. The summed E-state index contributed by atoms with van der Waals surface area (Å²) in [4.78, 5) is 24.5. The summed E-state index contributed by atoms with van der Waals surface area (Å²) in [5, 5.41) is 6.20. The molecule has 0 atom stereocenters. The molecule has 0 radical (unpaired) electrons. The molecule has 0 spiro atoms. The zero-order valence-electron chi connectivity index (χ0n) is 20.1. The molecule has 1 aromatic carbocycles. The van der Waals surface area contributed by atoms with E-state index in [0.29, 0.717) is 12.3 Å². The standard InChI is InChI=1S/C23H29N5O2S.C2H6/c1-3-27(12-13-30-2)19-8-6-18(7-9-19)25-23-26-21(16-31-23)17-14-20(24-15-17)22(29)28-10-4-5-11-28;1-2/h6-9,14-16,24H,3-5,10-13H2,1-2H3,(H,25,26);1-2H3. The Hall–Kier alpha value is -2.84.